The van der Waals surface area contributed by atoms with Crippen LogP contribution in [0.1, 0.15) is 12.3 Å². The van der Waals surface area contributed by atoms with Crippen LogP contribution >= 0.6 is 0 Å². The van der Waals surface area contributed by atoms with Crippen molar-refractivity contribution in [3.05, 3.63) is 60.5 Å². The van der Waals surface area contributed by atoms with Gasteiger partial charge < -0.3 is 14.2 Å². The van der Waals surface area contributed by atoms with E-state index >= 15 is 0 Å². The van der Waals surface area contributed by atoms with Crippen molar-refractivity contribution >= 4 is 11.6 Å². The Kier molecular flexibility index (Phi) is 5.27. The minimum atomic E-state index is -0.245. The largest absolute Gasteiger partial charge is 0.421 e. The number of piperazine rings is 1. The zero-order chi connectivity index (χ0) is 19.3. The highest BCUT2D eigenvalue weighted by atomic mass is 19.1. The summed E-state index contributed by atoms with van der Waals surface area (Å²) in [5, 5.41) is 8.05. The van der Waals surface area contributed by atoms with E-state index in [0.717, 1.165) is 24.3 Å². The van der Waals surface area contributed by atoms with E-state index in [-0.39, 0.29) is 11.7 Å². The molecule has 0 spiro atoms. The Morgan fingerprint density at radius 2 is 1.71 bits per heavy atom. The predicted molar refractivity (Wildman–Crippen MR) is 101 cm³/mol. The molecule has 0 atom stereocenters. The van der Waals surface area contributed by atoms with Crippen molar-refractivity contribution in [2.45, 2.75) is 12.8 Å². The molecule has 2 aromatic heterocycles. The Morgan fingerprint density at radius 3 is 2.43 bits per heavy atom. The number of amides is 1. The van der Waals surface area contributed by atoms with Crippen LogP contribution in [0.2, 0.25) is 0 Å². The topological polar surface area (TPSA) is 75.4 Å². The van der Waals surface area contributed by atoms with Crippen molar-refractivity contribution in [3.8, 4) is 11.5 Å². The maximum Gasteiger partial charge on any atom is 0.247 e. The Balaban J connectivity index is 1.27. The van der Waals surface area contributed by atoms with Gasteiger partial charge in [0.05, 0.1) is 0 Å². The standard InChI is InChI=1S/C20H20FN5O2/c21-16-1-3-17(4-2-16)25-11-13-26(14-12-25)19(27)6-5-18-23-24-20(28-18)15-7-9-22-10-8-15/h1-4,7-10H,5-6,11-14H2. The SMILES string of the molecule is O=C(CCc1nnc(-c2ccncc2)o1)N1CCN(c2ccc(F)cc2)CC1. The zero-order valence-corrected chi connectivity index (χ0v) is 15.3. The smallest absolute Gasteiger partial charge is 0.247 e. The van der Waals surface area contributed by atoms with E-state index < -0.39 is 0 Å². The Bertz CT molecular complexity index is 921. The number of hydrogen-bond donors (Lipinski definition) is 0. The van der Waals surface area contributed by atoms with E-state index in [1.165, 1.54) is 12.1 Å². The van der Waals surface area contributed by atoms with Crippen LogP contribution in [0.25, 0.3) is 11.5 Å². The van der Waals surface area contributed by atoms with E-state index in [0.29, 0.717) is 37.7 Å². The maximum absolute atomic E-state index is 13.1. The molecule has 8 heteroatoms. The summed E-state index contributed by atoms with van der Waals surface area (Å²) in [6, 6.07) is 10.0. The molecule has 1 saturated heterocycles. The molecule has 0 aliphatic carbocycles. The van der Waals surface area contributed by atoms with Crippen LogP contribution in [0.15, 0.2) is 53.2 Å². The van der Waals surface area contributed by atoms with Crippen molar-refractivity contribution in [3.63, 3.8) is 0 Å². The molecular formula is C20H20FN5O2. The molecule has 0 N–H and O–H groups in total. The van der Waals surface area contributed by atoms with E-state index in [1.807, 2.05) is 4.90 Å². The normalized spacial score (nSPS) is 14.3. The molecule has 1 amide bonds. The summed E-state index contributed by atoms with van der Waals surface area (Å²) in [7, 11) is 0. The van der Waals surface area contributed by atoms with Crippen LogP contribution < -0.4 is 4.90 Å². The minimum Gasteiger partial charge on any atom is -0.421 e. The number of nitrogens with zero attached hydrogens (tertiary/aromatic N) is 5. The van der Waals surface area contributed by atoms with E-state index in [1.54, 1.807) is 36.7 Å². The summed E-state index contributed by atoms with van der Waals surface area (Å²) < 4.78 is 18.7. The molecule has 144 valence electrons. The fourth-order valence-electron chi connectivity index (χ4n) is 3.20. The Hall–Kier alpha value is -3.29. The Labute approximate surface area is 161 Å². The van der Waals surface area contributed by atoms with Gasteiger partial charge in [-0.1, -0.05) is 0 Å². The number of carbonyl (C=O) groups is 1. The monoisotopic (exact) mass is 381 g/mol. The van der Waals surface area contributed by atoms with Crippen LogP contribution in [0.5, 0.6) is 0 Å². The van der Waals surface area contributed by atoms with Gasteiger partial charge in [0.2, 0.25) is 17.7 Å². The fraction of sp³-hybridized carbons (Fsp3) is 0.300. The minimum absolute atomic E-state index is 0.0717. The number of hydrogen-bond acceptors (Lipinski definition) is 6. The first kappa shape index (κ1) is 18.1. The van der Waals surface area contributed by atoms with Gasteiger partial charge in [0, 0.05) is 62.7 Å². The first-order valence-corrected chi connectivity index (χ1v) is 9.20. The second kappa shape index (κ2) is 8.16. The lowest BCUT2D eigenvalue weighted by atomic mass is 10.2. The molecule has 1 aliphatic rings. The van der Waals surface area contributed by atoms with Gasteiger partial charge in [-0.25, -0.2) is 4.39 Å². The van der Waals surface area contributed by atoms with Crippen molar-refractivity contribution in [2.75, 3.05) is 31.1 Å². The highest BCUT2D eigenvalue weighted by Crippen LogP contribution is 2.19. The average molecular weight is 381 g/mol. The van der Waals surface area contributed by atoms with Crippen molar-refractivity contribution < 1.29 is 13.6 Å². The maximum atomic E-state index is 13.1. The highest BCUT2D eigenvalue weighted by Gasteiger charge is 2.22. The molecular weight excluding hydrogens is 361 g/mol. The number of aryl methyl sites for hydroxylation is 1. The number of carbonyl (C=O) groups excluding carboxylic acids is 1. The molecule has 0 unspecified atom stereocenters. The fourth-order valence-corrected chi connectivity index (χ4v) is 3.20. The first-order chi connectivity index (χ1) is 13.7. The summed E-state index contributed by atoms with van der Waals surface area (Å²) >= 11 is 0. The molecule has 0 saturated carbocycles. The number of benzene rings is 1. The van der Waals surface area contributed by atoms with E-state index in [2.05, 4.69) is 20.1 Å². The van der Waals surface area contributed by atoms with Crippen LogP contribution in [0.4, 0.5) is 10.1 Å². The molecule has 28 heavy (non-hydrogen) atoms. The van der Waals surface area contributed by atoms with Crippen LogP contribution in [0.3, 0.4) is 0 Å². The van der Waals surface area contributed by atoms with Crippen molar-refractivity contribution in [1.29, 1.82) is 0 Å². The second-order valence-corrected chi connectivity index (χ2v) is 6.58. The van der Waals surface area contributed by atoms with Crippen LogP contribution in [-0.4, -0.2) is 52.2 Å². The third-order valence-electron chi connectivity index (χ3n) is 4.77. The van der Waals surface area contributed by atoms with Gasteiger partial charge in [0.1, 0.15) is 5.82 Å². The molecule has 4 rings (SSSR count). The van der Waals surface area contributed by atoms with Gasteiger partial charge in [0.25, 0.3) is 0 Å². The van der Waals surface area contributed by atoms with E-state index in [4.69, 9.17) is 4.42 Å². The summed E-state index contributed by atoms with van der Waals surface area (Å²) in [5.41, 5.74) is 1.78. The van der Waals surface area contributed by atoms with Crippen molar-refractivity contribution in [1.82, 2.24) is 20.1 Å². The number of rotatable bonds is 5. The molecule has 0 bridgehead atoms. The van der Waals surface area contributed by atoms with Crippen molar-refractivity contribution in [2.24, 2.45) is 0 Å². The Morgan fingerprint density at radius 1 is 1.00 bits per heavy atom. The lowest BCUT2D eigenvalue weighted by molar-refractivity contribution is -0.131. The molecule has 3 heterocycles. The predicted octanol–water partition coefficient (Wildman–Crippen LogP) is 2.55. The summed E-state index contributed by atoms with van der Waals surface area (Å²) in [4.78, 5) is 20.5. The van der Waals surface area contributed by atoms with Gasteiger partial charge in [0.15, 0.2) is 0 Å². The quantitative estimate of drug-likeness (QED) is 0.676. The molecule has 1 aromatic carbocycles. The zero-order valence-electron chi connectivity index (χ0n) is 15.3. The second-order valence-electron chi connectivity index (χ2n) is 6.58. The number of anilines is 1. The third-order valence-corrected chi connectivity index (χ3v) is 4.77. The van der Waals surface area contributed by atoms with Gasteiger partial charge >= 0.3 is 0 Å². The number of halogens is 1. The van der Waals surface area contributed by atoms with Gasteiger partial charge in [-0.15, -0.1) is 10.2 Å². The van der Waals surface area contributed by atoms with Gasteiger partial charge in [-0.2, -0.15) is 0 Å². The molecule has 7 nitrogen and oxygen atoms in total. The van der Waals surface area contributed by atoms with Gasteiger partial charge in [-0.3, -0.25) is 9.78 Å². The lowest BCUT2D eigenvalue weighted by Gasteiger charge is -2.36. The summed E-state index contributed by atoms with van der Waals surface area (Å²) in [5.74, 6) is 0.705. The molecule has 3 aromatic rings. The van der Waals surface area contributed by atoms with Crippen LogP contribution in [-0.2, 0) is 11.2 Å². The molecule has 0 radical (unpaired) electrons. The number of aromatic nitrogens is 3. The third kappa shape index (κ3) is 4.16. The lowest BCUT2D eigenvalue weighted by Crippen LogP contribution is -2.48. The van der Waals surface area contributed by atoms with E-state index in [9.17, 15) is 9.18 Å². The molecule has 1 aliphatic heterocycles. The van der Waals surface area contributed by atoms with Crippen LogP contribution in [0, 0.1) is 5.82 Å². The first-order valence-electron chi connectivity index (χ1n) is 9.20. The molecule has 1 fully saturated rings. The summed E-state index contributed by atoms with van der Waals surface area (Å²) in [6.45, 7) is 2.73. The average Bonchev–Trinajstić information content (AvgIpc) is 3.22. The highest BCUT2D eigenvalue weighted by molar-refractivity contribution is 5.76. The van der Waals surface area contributed by atoms with Gasteiger partial charge in [-0.05, 0) is 36.4 Å². The number of pyridine rings is 1. The summed E-state index contributed by atoms with van der Waals surface area (Å²) in [6.07, 6.45) is 4.06.